The molecule has 1 saturated carbocycles. The molecule has 5 nitrogen and oxygen atoms in total. The van der Waals surface area contributed by atoms with E-state index in [0.29, 0.717) is 31.8 Å². The number of ether oxygens (including phenoxy) is 3. The molecule has 1 saturated heterocycles. The van der Waals surface area contributed by atoms with Gasteiger partial charge in [-0.25, -0.2) is 0 Å². The Bertz CT molecular complexity index is 550. The van der Waals surface area contributed by atoms with Gasteiger partial charge in [0.15, 0.2) is 11.5 Å². The Morgan fingerprint density at radius 2 is 2.04 bits per heavy atom. The second kappa shape index (κ2) is 6.67. The minimum atomic E-state index is -0.187. The minimum Gasteiger partial charge on any atom is -0.486 e. The third kappa shape index (κ3) is 3.05. The second-order valence-corrected chi connectivity index (χ2v) is 6.72. The highest BCUT2D eigenvalue weighted by molar-refractivity contribution is 5.47. The predicted octanol–water partition coefficient (Wildman–Crippen LogP) is 1.82. The highest BCUT2D eigenvalue weighted by atomic mass is 16.6. The summed E-state index contributed by atoms with van der Waals surface area (Å²) in [5.74, 6) is 2.06. The molecule has 126 valence electrons. The third-order valence-corrected chi connectivity index (χ3v) is 5.33. The van der Waals surface area contributed by atoms with Crippen molar-refractivity contribution < 1.29 is 19.3 Å². The summed E-state index contributed by atoms with van der Waals surface area (Å²) in [4.78, 5) is 2.45. The maximum absolute atomic E-state index is 10.3. The number of para-hydroxylation sites is 1. The summed E-state index contributed by atoms with van der Waals surface area (Å²) in [6.45, 7) is 4.42. The molecule has 2 aliphatic heterocycles. The normalized spacial score (nSPS) is 31.3. The van der Waals surface area contributed by atoms with Crippen molar-refractivity contribution in [2.45, 2.75) is 38.0 Å². The zero-order valence-electron chi connectivity index (χ0n) is 13.4. The molecule has 1 aliphatic carbocycles. The van der Waals surface area contributed by atoms with Gasteiger partial charge in [0.25, 0.3) is 0 Å². The lowest BCUT2D eigenvalue weighted by molar-refractivity contribution is -0.0539. The van der Waals surface area contributed by atoms with Crippen molar-refractivity contribution in [2.24, 2.45) is 5.92 Å². The van der Waals surface area contributed by atoms with Crippen molar-refractivity contribution in [3.8, 4) is 11.5 Å². The number of benzene rings is 1. The molecular formula is C18H25NO4. The summed E-state index contributed by atoms with van der Waals surface area (Å²) in [7, 11) is 0. The Labute approximate surface area is 137 Å². The SMILES string of the molecule is O[C@@H]1CCC[C@@H]1[C@@H]1COCCN1Cc1cccc2c1OCCO2. The molecule has 0 unspecified atom stereocenters. The van der Waals surface area contributed by atoms with Crippen LogP contribution in [0.5, 0.6) is 11.5 Å². The third-order valence-electron chi connectivity index (χ3n) is 5.33. The van der Waals surface area contributed by atoms with Crippen molar-refractivity contribution in [1.82, 2.24) is 4.90 Å². The topological polar surface area (TPSA) is 51.2 Å². The number of nitrogens with zero attached hydrogens (tertiary/aromatic N) is 1. The number of fused-ring (bicyclic) bond motifs is 1. The molecule has 2 fully saturated rings. The van der Waals surface area contributed by atoms with Crippen LogP contribution in [0.2, 0.25) is 0 Å². The van der Waals surface area contributed by atoms with Gasteiger partial charge in [0.1, 0.15) is 13.2 Å². The summed E-state index contributed by atoms with van der Waals surface area (Å²) in [5.41, 5.74) is 1.17. The van der Waals surface area contributed by atoms with Crippen LogP contribution < -0.4 is 9.47 Å². The number of morpholine rings is 1. The average Bonchev–Trinajstić information content (AvgIpc) is 3.02. The monoisotopic (exact) mass is 319 g/mol. The van der Waals surface area contributed by atoms with E-state index in [1.807, 2.05) is 12.1 Å². The van der Waals surface area contributed by atoms with Gasteiger partial charge in [0.2, 0.25) is 0 Å². The fraction of sp³-hybridized carbons (Fsp3) is 0.667. The van der Waals surface area contributed by atoms with Crippen molar-refractivity contribution >= 4 is 0 Å². The first-order valence-corrected chi connectivity index (χ1v) is 8.70. The van der Waals surface area contributed by atoms with Crippen LogP contribution in [0, 0.1) is 5.92 Å². The molecule has 0 spiro atoms. The molecule has 1 aromatic carbocycles. The van der Waals surface area contributed by atoms with Gasteiger partial charge in [-0.05, 0) is 18.9 Å². The van der Waals surface area contributed by atoms with Crippen LogP contribution in [0.25, 0.3) is 0 Å². The van der Waals surface area contributed by atoms with Gasteiger partial charge in [0.05, 0.1) is 19.3 Å². The van der Waals surface area contributed by atoms with E-state index in [-0.39, 0.29) is 6.10 Å². The Balaban J connectivity index is 1.54. The van der Waals surface area contributed by atoms with E-state index in [0.717, 1.165) is 50.5 Å². The lowest BCUT2D eigenvalue weighted by Crippen LogP contribution is -2.50. The summed E-state index contributed by atoms with van der Waals surface area (Å²) in [5, 5.41) is 10.3. The number of aliphatic hydroxyl groups is 1. The van der Waals surface area contributed by atoms with Crippen molar-refractivity contribution in [2.75, 3.05) is 33.0 Å². The molecular weight excluding hydrogens is 294 g/mol. The maximum Gasteiger partial charge on any atom is 0.165 e. The van der Waals surface area contributed by atoms with Gasteiger partial charge >= 0.3 is 0 Å². The molecule has 0 bridgehead atoms. The van der Waals surface area contributed by atoms with Crippen LogP contribution in [0.1, 0.15) is 24.8 Å². The molecule has 3 aliphatic rings. The lowest BCUT2D eigenvalue weighted by Gasteiger charge is -2.40. The summed E-state index contributed by atoms with van der Waals surface area (Å²) >= 11 is 0. The van der Waals surface area contributed by atoms with E-state index in [2.05, 4.69) is 11.0 Å². The smallest absolute Gasteiger partial charge is 0.165 e. The second-order valence-electron chi connectivity index (χ2n) is 6.72. The van der Waals surface area contributed by atoms with Crippen LogP contribution >= 0.6 is 0 Å². The highest BCUT2D eigenvalue weighted by Gasteiger charge is 2.37. The van der Waals surface area contributed by atoms with E-state index in [1.54, 1.807) is 0 Å². The first kappa shape index (κ1) is 15.2. The van der Waals surface area contributed by atoms with Gasteiger partial charge in [-0.1, -0.05) is 18.6 Å². The standard InChI is InChI=1S/C18H25NO4/c20-16-5-2-4-14(16)15-12-21-8-7-19(15)11-13-3-1-6-17-18(13)23-10-9-22-17/h1,3,6,14-16,20H,2,4-5,7-12H2/t14-,15+,16-/m1/s1. The van der Waals surface area contributed by atoms with Crippen molar-refractivity contribution in [3.63, 3.8) is 0 Å². The summed E-state index contributed by atoms with van der Waals surface area (Å²) < 4.78 is 17.2. The van der Waals surface area contributed by atoms with Crippen LogP contribution in [0.3, 0.4) is 0 Å². The predicted molar refractivity (Wildman–Crippen MR) is 85.8 cm³/mol. The van der Waals surface area contributed by atoms with E-state index >= 15 is 0 Å². The Kier molecular flexibility index (Phi) is 4.42. The molecule has 4 rings (SSSR count). The summed E-state index contributed by atoms with van der Waals surface area (Å²) in [6.07, 6.45) is 2.95. The molecule has 3 atom stereocenters. The van der Waals surface area contributed by atoms with Gasteiger partial charge in [-0.2, -0.15) is 0 Å². The number of hydrogen-bond acceptors (Lipinski definition) is 5. The number of hydrogen-bond donors (Lipinski definition) is 1. The Morgan fingerprint density at radius 3 is 2.91 bits per heavy atom. The number of aliphatic hydroxyl groups excluding tert-OH is 1. The molecule has 23 heavy (non-hydrogen) atoms. The van der Waals surface area contributed by atoms with Gasteiger partial charge in [-0.3, -0.25) is 4.90 Å². The van der Waals surface area contributed by atoms with E-state index in [4.69, 9.17) is 14.2 Å². The van der Waals surface area contributed by atoms with Gasteiger partial charge in [0, 0.05) is 30.6 Å². The van der Waals surface area contributed by atoms with Crippen LogP contribution in [0.4, 0.5) is 0 Å². The van der Waals surface area contributed by atoms with E-state index in [1.165, 1.54) is 5.56 Å². The van der Waals surface area contributed by atoms with Crippen molar-refractivity contribution in [3.05, 3.63) is 23.8 Å². The molecule has 0 amide bonds. The van der Waals surface area contributed by atoms with Crippen LogP contribution in [-0.4, -0.2) is 55.1 Å². The maximum atomic E-state index is 10.3. The molecule has 1 aromatic rings. The molecule has 2 heterocycles. The van der Waals surface area contributed by atoms with Gasteiger partial charge < -0.3 is 19.3 Å². The first-order chi connectivity index (χ1) is 11.3. The minimum absolute atomic E-state index is 0.187. The summed E-state index contributed by atoms with van der Waals surface area (Å²) in [6, 6.07) is 6.41. The fourth-order valence-corrected chi connectivity index (χ4v) is 4.14. The molecule has 0 aromatic heterocycles. The van der Waals surface area contributed by atoms with E-state index in [9.17, 15) is 5.11 Å². The van der Waals surface area contributed by atoms with E-state index < -0.39 is 0 Å². The molecule has 1 N–H and O–H groups in total. The van der Waals surface area contributed by atoms with Crippen molar-refractivity contribution in [1.29, 1.82) is 0 Å². The lowest BCUT2D eigenvalue weighted by atomic mass is 9.94. The highest BCUT2D eigenvalue weighted by Crippen LogP contribution is 2.37. The number of rotatable bonds is 3. The van der Waals surface area contributed by atoms with Crippen LogP contribution in [-0.2, 0) is 11.3 Å². The largest absolute Gasteiger partial charge is 0.486 e. The zero-order chi connectivity index (χ0) is 15.6. The van der Waals surface area contributed by atoms with Crippen LogP contribution in [0.15, 0.2) is 18.2 Å². The average molecular weight is 319 g/mol. The Morgan fingerprint density at radius 1 is 1.13 bits per heavy atom. The molecule has 5 heteroatoms. The quantitative estimate of drug-likeness (QED) is 0.921. The molecule has 0 radical (unpaired) electrons. The Hall–Kier alpha value is -1.30. The fourth-order valence-electron chi connectivity index (χ4n) is 4.14. The van der Waals surface area contributed by atoms with Gasteiger partial charge in [-0.15, -0.1) is 0 Å². The first-order valence-electron chi connectivity index (χ1n) is 8.70. The zero-order valence-corrected chi connectivity index (χ0v) is 13.4.